The van der Waals surface area contributed by atoms with Crippen molar-refractivity contribution in [1.29, 1.82) is 0 Å². The van der Waals surface area contributed by atoms with Crippen LogP contribution in [-0.2, 0) is 4.79 Å². The highest BCUT2D eigenvalue weighted by Crippen LogP contribution is 2.30. The summed E-state index contributed by atoms with van der Waals surface area (Å²) >= 11 is 0. The number of anilines is 2. The first-order valence-electron chi connectivity index (χ1n) is 12.9. The number of amides is 1. The van der Waals surface area contributed by atoms with Gasteiger partial charge in [-0.15, -0.1) is 0 Å². The molecule has 4 N–H and O–H groups in total. The second-order valence-electron chi connectivity index (χ2n) is 9.69. The Morgan fingerprint density at radius 3 is 2.55 bits per heavy atom. The van der Waals surface area contributed by atoms with Crippen LogP contribution in [0.2, 0.25) is 0 Å². The summed E-state index contributed by atoms with van der Waals surface area (Å²) in [4.78, 5) is 28.1. The average Bonchev–Trinajstić information content (AvgIpc) is 3.05. The van der Waals surface area contributed by atoms with Gasteiger partial charge < -0.3 is 26.0 Å². The number of aliphatic hydroxyl groups is 1. The summed E-state index contributed by atoms with van der Waals surface area (Å²) in [7, 11) is 0. The summed E-state index contributed by atoms with van der Waals surface area (Å²) in [6.45, 7) is 4.94. The van der Waals surface area contributed by atoms with Crippen LogP contribution in [0, 0.1) is 0 Å². The molecule has 9 nitrogen and oxygen atoms in total. The van der Waals surface area contributed by atoms with E-state index in [0.717, 1.165) is 76.6 Å². The molecule has 0 bridgehead atoms. The molecule has 4 heterocycles. The fourth-order valence-corrected chi connectivity index (χ4v) is 5.80. The van der Waals surface area contributed by atoms with E-state index < -0.39 is 6.61 Å². The fraction of sp³-hybridized carbons (Fsp3) is 0.792. The molecule has 1 aromatic heterocycles. The highest BCUT2D eigenvalue weighted by atomic mass is 16.3. The second kappa shape index (κ2) is 11.9. The molecular formula is C24H41N7O2. The Morgan fingerprint density at radius 2 is 1.85 bits per heavy atom. The molecule has 9 heteroatoms. The number of nitrogens with zero attached hydrogens (tertiary/aromatic N) is 5. The maximum Gasteiger partial charge on any atom is 0.248 e. The Labute approximate surface area is 197 Å². The molecule has 1 amide bonds. The van der Waals surface area contributed by atoms with Crippen LogP contribution in [-0.4, -0.2) is 94.8 Å². The fourth-order valence-electron chi connectivity index (χ4n) is 5.80. The molecule has 0 saturated carbocycles. The van der Waals surface area contributed by atoms with E-state index in [-0.39, 0.29) is 5.91 Å². The lowest BCUT2D eigenvalue weighted by Gasteiger charge is -2.40. The number of piperidine rings is 1. The summed E-state index contributed by atoms with van der Waals surface area (Å²) in [5.41, 5.74) is 5.87. The van der Waals surface area contributed by atoms with Crippen LogP contribution in [0.3, 0.4) is 0 Å². The van der Waals surface area contributed by atoms with Crippen molar-refractivity contribution in [2.45, 2.75) is 75.9 Å². The number of carbonyl (C=O) groups is 1. The third-order valence-corrected chi connectivity index (χ3v) is 7.60. The Bertz CT molecular complexity index is 748. The summed E-state index contributed by atoms with van der Waals surface area (Å²) in [5.74, 6) is 1.60. The minimum absolute atomic E-state index is 0.157. The number of carbonyl (C=O) groups excluding carboxylic acids is 1. The highest BCUT2D eigenvalue weighted by Gasteiger charge is 2.39. The van der Waals surface area contributed by atoms with Crippen molar-refractivity contribution in [1.82, 2.24) is 19.8 Å². The van der Waals surface area contributed by atoms with Crippen LogP contribution in [0.1, 0.15) is 57.8 Å². The molecule has 3 aliphatic rings. The first-order valence-corrected chi connectivity index (χ1v) is 12.9. The predicted octanol–water partition coefficient (Wildman–Crippen LogP) is 1.43. The summed E-state index contributed by atoms with van der Waals surface area (Å²) in [6, 6.07) is 3.19. The van der Waals surface area contributed by atoms with Gasteiger partial charge in [-0.3, -0.25) is 9.69 Å². The minimum Gasteiger partial charge on any atom is -0.387 e. The van der Waals surface area contributed by atoms with Gasteiger partial charge in [-0.2, -0.15) is 4.98 Å². The molecule has 0 unspecified atom stereocenters. The molecule has 3 aliphatic heterocycles. The van der Waals surface area contributed by atoms with Crippen LogP contribution >= 0.6 is 0 Å². The van der Waals surface area contributed by atoms with Gasteiger partial charge >= 0.3 is 0 Å². The van der Waals surface area contributed by atoms with Crippen LogP contribution in [0.4, 0.5) is 11.8 Å². The maximum absolute atomic E-state index is 11.8. The third-order valence-electron chi connectivity index (χ3n) is 7.60. The van der Waals surface area contributed by atoms with Gasteiger partial charge in [-0.05, 0) is 57.6 Å². The van der Waals surface area contributed by atoms with E-state index in [1.807, 2.05) is 12.3 Å². The molecular weight excluding hydrogens is 418 g/mol. The van der Waals surface area contributed by atoms with Crippen molar-refractivity contribution in [3.8, 4) is 0 Å². The van der Waals surface area contributed by atoms with Crippen molar-refractivity contribution in [3.63, 3.8) is 0 Å². The van der Waals surface area contributed by atoms with Gasteiger partial charge in [0, 0.05) is 57.0 Å². The van der Waals surface area contributed by atoms with Crippen molar-refractivity contribution in [2.75, 3.05) is 56.1 Å². The Morgan fingerprint density at radius 1 is 1.09 bits per heavy atom. The summed E-state index contributed by atoms with van der Waals surface area (Å²) in [6.07, 6.45) is 12.0. The van der Waals surface area contributed by atoms with Gasteiger partial charge in [0.15, 0.2) is 0 Å². The van der Waals surface area contributed by atoms with Crippen molar-refractivity contribution < 1.29 is 9.90 Å². The first-order chi connectivity index (χ1) is 16.2. The monoisotopic (exact) mass is 459 g/mol. The lowest BCUT2D eigenvalue weighted by atomic mass is 9.98. The zero-order valence-corrected chi connectivity index (χ0v) is 19.9. The molecule has 3 saturated heterocycles. The minimum atomic E-state index is -0.393. The van der Waals surface area contributed by atoms with Crippen LogP contribution in [0.5, 0.6) is 0 Å². The summed E-state index contributed by atoms with van der Waals surface area (Å²) in [5, 5.41) is 12.8. The lowest BCUT2D eigenvalue weighted by molar-refractivity contribution is -0.135. The van der Waals surface area contributed by atoms with E-state index in [1.165, 1.54) is 25.7 Å². The maximum atomic E-state index is 11.8. The van der Waals surface area contributed by atoms with Crippen molar-refractivity contribution >= 4 is 17.7 Å². The Kier molecular flexibility index (Phi) is 8.75. The van der Waals surface area contributed by atoms with Crippen molar-refractivity contribution in [2.24, 2.45) is 5.73 Å². The SMILES string of the molecule is NCCC[C@@H]1[C@@H](Nc2nccc(N3CCCCCC3)n2)CCN1C1CCN(C(=O)CO)CC1. The van der Waals surface area contributed by atoms with Crippen LogP contribution in [0.15, 0.2) is 12.3 Å². The number of likely N-dealkylation sites (tertiary alicyclic amines) is 2. The molecule has 0 aromatic carbocycles. The number of nitrogens with one attached hydrogen (secondary N) is 1. The van der Waals surface area contributed by atoms with E-state index in [1.54, 1.807) is 4.90 Å². The topological polar surface area (TPSA) is 111 Å². The van der Waals surface area contributed by atoms with Crippen LogP contribution in [0.25, 0.3) is 0 Å². The second-order valence-corrected chi connectivity index (χ2v) is 9.69. The number of aromatic nitrogens is 2. The number of hydrogen-bond donors (Lipinski definition) is 3. The quantitative estimate of drug-likeness (QED) is 0.536. The van der Waals surface area contributed by atoms with E-state index in [9.17, 15) is 4.79 Å². The molecule has 0 spiro atoms. The van der Waals surface area contributed by atoms with Gasteiger partial charge in [0.1, 0.15) is 12.4 Å². The number of rotatable bonds is 8. The molecule has 1 aromatic rings. The first kappa shape index (κ1) is 24.2. The van der Waals surface area contributed by atoms with E-state index >= 15 is 0 Å². The number of nitrogens with two attached hydrogens (primary N) is 1. The zero-order valence-electron chi connectivity index (χ0n) is 19.9. The highest BCUT2D eigenvalue weighted by molar-refractivity contribution is 5.77. The molecule has 3 fully saturated rings. The van der Waals surface area contributed by atoms with Gasteiger partial charge in [0.25, 0.3) is 0 Å². The average molecular weight is 460 g/mol. The lowest BCUT2D eigenvalue weighted by Crippen LogP contribution is -2.50. The number of hydrogen-bond acceptors (Lipinski definition) is 8. The molecule has 2 atom stereocenters. The van der Waals surface area contributed by atoms with Gasteiger partial charge in [-0.25, -0.2) is 4.98 Å². The van der Waals surface area contributed by atoms with Gasteiger partial charge in [-0.1, -0.05) is 12.8 Å². The van der Waals surface area contributed by atoms with E-state index in [4.69, 9.17) is 15.8 Å². The molecule has 33 heavy (non-hydrogen) atoms. The normalized spacial score (nSPS) is 25.3. The van der Waals surface area contributed by atoms with Crippen LogP contribution < -0.4 is 16.0 Å². The van der Waals surface area contributed by atoms with Crippen molar-refractivity contribution in [3.05, 3.63) is 12.3 Å². The van der Waals surface area contributed by atoms with Gasteiger partial charge in [0.2, 0.25) is 11.9 Å². The summed E-state index contributed by atoms with van der Waals surface area (Å²) < 4.78 is 0. The molecule has 0 radical (unpaired) electrons. The predicted molar refractivity (Wildman–Crippen MR) is 130 cm³/mol. The van der Waals surface area contributed by atoms with Gasteiger partial charge in [0.05, 0.1) is 0 Å². The van der Waals surface area contributed by atoms with E-state index in [2.05, 4.69) is 20.1 Å². The molecule has 184 valence electrons. The van der Waals surface area contributed by atoms with E-state index in [0.29, 0.717) is 24.7 Å². The third kappa shape index (κ3) is 6.13. The zero-order chi connectivity index (χ0) is 23.0. The largest absolute Gasteiger partial charge is 0.387 e. The molecule has 4 rings (SSSR count). The number of aliphatic hydroxyl groups excluding tert-OH is 1. The smallest absolute Gasteiger partial charge is 0.248 e. The molecule has 0 aliphatic carbocycles. The Hall–Kier alpha value is -1.97. The standard InChI is InChI=1S/C24H41N7O2/c25-11-5-6-21-20(10-17-31(21)19-8-15-30(16-9-19)23(33)18-32)27-24-26-12-7-22(28-24)29-13-3-1-2-4-14-29/h7,12,19-21,32H,1-6,8-11,13-18,25H2,(H,26,27,28)/t20-,21+/m0/s1. The Balaban J connectivity index is 1.40.